The Labute approximate surface area is 109 Å². The largest absolute Gasteiger partial charge is 0.228 e. The summed E-state index contributed by atoms with van der Waals surface area (Å²) in [4.78, 5) is 0. The Kier molecular flexibility index (Phi) is 5.37. The van der Waals surface area contributed by atoms with Gasteiger partial charge in [0, 0.05) is 6.54 Å². The van der Waals surface area contributed by atoms with Crippen molar-refractivity contribution in [2.24, 2.45) is 5.41 Å². The minimum atomic E-state index is -0.142. The summed E-state index contributed by atoms with van der Waals surface area (Å²) in [7, 11) is 0. The first-order chi connectivity index (χ1) is 7.96. The lowest BCUT2D eigenvalue weighted by Crippen LogP contribution is -2.22. The molecule has 5 heteroatoms. The van der Waals surface area contributed by atoms with Crippen LogP contribution >= 0.6 is 11.6 Å². The molecule has 0 saturated heterocycles. The monoisotopic (exact) mass is 258 g/mol. The molecule has 0 fully saturated rings. The third-order valence-corrected chi connectivity index (χ3v) is 3.15. The van der Waals surface area contributed by atoms with Crippen molar-refractivity contribution in [3.63, 3.8) is 0 Å². The molecule has 0 spiro atoms. The summed E-state index contributed by atoms with van der Waals surface area (Å²) in [6.45, 7) is 9.46. The molecule has 1 unspecified atom stereocenters. The highest BCUT2D eigenvalue weighted by Crippen LogP contribution is 2.27. The van der Waals surface area contributed by atoms with Crippen molar-refractivity contribution >= 4 is 11.6 Å². The molecule has 0 aliphatic carbocycles. The van der Waals surface area contributed by atoms with Crippen molar-refractivity contribution in [1.29, 1.82) is 0 Å². The molecule has 17 heavy (non-hydrogen) atoms. The van der Waals surface area contributed by atoms with Crippen LogP contribution in [-0.4, -0.2) is 20.2 Å². The molecule has 4 nitrogen and oxygen atoms in total. The number of aromatic nitrogens is 4. The van der Waals surface area contributed by atoms with E-state index in [9.17, 15) is 0 Å². The Balaban J connectivity index is 2.59. The molecule has 1 aromatic rings. The van der Waals surface area contributed by atoms with Gasteiger partial charge in [-0.05, 0) is 29.2 Å². The van der Waals surface area contributed by atoms with E-state index in [-0.39, 0.29) is 10.8 Å². The number of hydrogen-bond donors (Lipinski definition) is 0. The van der Waals surface area contributed by atoms with Crippen LogP contribution in [0.15, 0.2) is 0 Å². The predicted molar refractivity (Wildman–Crippen MR) is 70.0 cm³/mol. The number of alkyl halides is 1. The maximum atomic E-state index is 6.04. The van der Waals surface area contributed by atoms with Gasteiger partial charge in [0.1, 0.15) is 0 Å². The molecular weight excluding hydrogens is 236 g/mol. The average Bonchev–Trinajstić information content (AvgIpc) is 2.65. The lowest BCUT2D eigenvalue weighted by molar-refractivity contribution is 0.253. The van der Waals surface area contributed by atoms with E-state index in [0.29, 0.717) is 0 Å². The summed E-state index contributed by atoms with van der Waals surface area (Å²) >= 11 is 6.04. The summed E-state index contributed by atoms with van der Waals surface area (Å²) in [6.07, 6.45) is 5.00. The van der Waals surface area contributed by atoms with E-state index < -0.39 is 0 Å². The summed E-state index contributed by atoms with van der Waals surface area (Å²) in [6, 6.07) is 0. The normalized spacial score (nSPS) is 13.9. The Morgan fingerprint density at radius 1 is 1.35 bits per heavy atom. The number of hydrogen-bond acceptors (Lipinski definition) is 3. The summed E-state index contributed by atoms with van der Waals surface area (Å²) in [5, 5.41) is 11.5. The van der Waals surface area contributed by atoms with E-state index >= 15 is 0 Å². The molecule has 0 radical (unpaired) electrons. The van der Waals surface area contributed by atoms with Crippen LogP contribution in [0.3, 0.4) is 0 Å². The molecule has 1 rings (SSSR count). The third-order valence-electron chi connectivity index (χ3n) is 2.95. The van der Waals surface area contributed by atoms with E-state index in [1.54, 1.807) is 0 Å². The minimum absolute atomic E-state index is 0.142. The zero-order chi connectivity index (χ0) is 12.9. The molecule has 0 aromatic carbocycles. The van der Waals surface area contributed by atoms with Crippen LogP contribution < -0.4 is 0 Å². The number of unbranched alkanes of at least 4 members (excludes halogenated alkanes) is 2. The van der Waals surface area contributed by atoms with Crippen LogP contribution in [-0.2, 0) is 6.54 Å². The summed E-state index contributed by atoms with van der Waals surface area (Å²) in [5.74, 6) is 0.759. The maximum absolute atomic E-state index is 6.04. The molecule has 1 atom stereocenters. The van der Waals surface area contributed by atoms with Crippen molar-refractivity contribution in [3.8, 4) is 0 Å². The molecule has 0 aliphatic heterocycles. The second-order valence-corrected chi connectivity index (χ2v) is 6.09. The van der Waals surface area contributed by atoms with Gasteiger partial charge in [0.05, 0.1) is 5.38 Å². The van der Waals surface area contributed by atoms with Crippen molar-refractivity contribution in [1.82, 2.24) is 20.2 Å². The van der Waals surface area contributed by atoms with Gasteiger partial charge in [-0.2, -0.15) is 0 Å². The SMILES string of the molecule is CCCCCC(C)(C)Cn1nnnc1C(C)Cl. The summed E-state index contributed by atoms with van der Waals surface area (Å²) < 4.78 is 1.84. The van der Waals surface area contributed by atoms with Crippen LogP contribution in [0.1, 0.15) is 64.6 Å². The second kappa shape index (κ2) is 6.34. The van der Waals surface area contributed by atoms with Crippen molar-refractivity contribution in [2.45, 2.75) is 65.3 Å². The van der Waals surface area contributed by atoms with Gasteiger partial charge in [-0.15, -0.1) is 16.7 Å². The quantitative estimate of drug-likeness (QED) is 0.555. The number of tetrazole rings is 1. The van der Waals surface area contributed by atoms with Gasteiger partial charge in [-0.25, -0.2) is 4.68 Å². The molecule has 0 N–H and O–H groups in total. The van der Waals surface area contributed by atoms with Crippen LogP contribution in [0.25, 0.3) is 0 Å². The van der Waals surface area contributed by atoms with Gasteiger partial charge in [0.15, 0.2) is 5.82 Å². The minimum Gasteiger partial charge on any atom is -0.228 e. The van der Waals surface area contributed by atoms with Crippen LogP contribution in [0.2, 0.25) is 0 Å². The fourth-order valence-electron chi connectivity index (χ4n) is 1.95. The van der Waals surface area contributed by atoms with Crippen molar-refractivity contribution in [3.05, 3.63) is 5.82 Å². The predicted octanol–water partition coefficient (Wildman–Crippen LogP) is 3.58. The Morgan fingerprint density at radius 2 is 2.06 bits per heavy atom. The fourth-order valence-corrected chi connectivity index (χ4v) is 2.10. The van der Waals surface area contributed by atoms with Crippen molar-refractivity contribution in [2.75, 3.05) is 0 Å². The topological polar surface area (TPSA) is 43.6 Å². The van der Waals surface area contributed by atoms with E-state index in [1.807, 2.05) is 11.6 Å². The van der Waals surface area contributed by atoms with E-state index in [2.05, 4.69) is 36.3 Å². The standard InChI is InChI=1S/C12H23ClN4/c1-5-6-7-8-12(3,4)9-17-11(10(2)13)14-15-16-17/h10H,5-9H2,1-4H3. The fraction of sp³-hybridized carbons (Fsp3) is 0.917. The van der Waals surface area contributed by atoms with E-state index in [0.717, 1.165) is 12.4 Å². The van der Waals surface area contributed by atoms with Crippen LogP contribution in [0.4, 0.5) is 0 Å². The van der Waals surface area contributed by atoms with Gasteiger partial charge in [0.25, 0.3) is 0 Å². The number of rotatable bonds is 7. The lowest BCUT2D eigenvalue weighted by Gasteiger charge is -2.24. The molecule has 0 saturated carbocycles. The zero-order valence-corrected chi connectivity index (χ0v) is 12.0. The van der Waals surface area contributed by atoms with Crippen LogP contribution in [0, 0.1) is 5.41 Å². The first kappa shape index (κ1) is 14.4. The van der Waals surface area contributed by atoms with Gasteiger partial charge < -0.3 is 0 Å². The first-order valence-electron chi connectivity index (χ1n) is 6.36. The third kappa shape index (κ3) is 4.62. The molecule has 0 aliphatic rings. The van der Waals surface area contributed by atoms with Gasteiger partial charge >= 0.3 is 0 Å². The first-order valence-corrected chi connectivity index (χ1v) is 6.80. The lowest BCUT2D eigenvalue weighted by atomic mass is 9.87. The molecule has 0 bridgehead atoms. The van der Waals surface area contributed by atoms with Gasteiger partial charge in [-0.1, -0.05) is 40.0 Å². The maximum Gasteiger partial charge on any atom is 0.168 e. The molecule has 98 valence electrons. The highest BCUT2D eigenvalue weighted by molar-refractivity contribution is 6.20. The number of nitrogens with zero attached hydrogens (tertiary/aromatic N) is 4. The molecule has 1 heterocycles. The smallest absolute Gasteiger partial charge is 0.168 e. The van der Waals surface area contributed by atoms with Gasteiger partial charge in [-0.3, -0.25) is 0 Å². The molecule has 0 amide bonds. The second-order valence-electron chi connectivity index (χ2n) is 5.43. The Hall–Kier alpha value is -0.640. The highest BCUT2D eigenvalue weighted by atomic mass is 35.5. The zero-order valence-electron chi connectivity index (χ0n) is 11.3. The van der Waals surface area contributed by atoms with E-state index in [1.165, 1.54) is 25.7 Å². The average molecular weight is 259 g/mol. The molecular formula is C12H23ClN4. The Bertz CT molecular complexity index is 333. The molecule has 1 aromatic heterocycles. The van der Waals surface area contributed by atoms with E-state index in [4.69, 9.17) is 11.6 Å². The highest BCUT2D eigenvalue weighted by Gasteiger charge is 2.22. The number of halogens is 1. The summed E-state index contributed by atoms with van der Waals surface area (Å²) in [5.41, 5.74) is 0.213. The van der Waals surface area contributed by atoms with Crippen molar-refractivity contribution < 1.29 is 0 Å². The Morgan fingerprint density at radius 3 is 2.65 bits per heavy atom. The van der Waals surface area contributed by atoms with Crippen LogP contribution in [0.5, 0.6) is 0 Å². The van der Waals surface area contributed by atoms with Gasteiger partial charge in [0.2, 0.25) is 0 Å².